The van der Waals surface area contributed by atoms with E-state index in [2.05, 4.69) is 10.3 Å². The Balaban J connectivity index is 1.51. The first kappa shape index (κ1) is 20.1. The number of carbonyl (C=O) groups is 1. The molecule has 2 atom stereocenters. The molecule has 0 bridgehead atoms. The van der Waals surface area contributed by atoms with Crippen molar-refractivity contribution in [1.29, 1.82) is 5.26 Å². The number of benzene rings is 2. The zero-order chi connectivity index (χ0) is 22.0. The summed E-state index contributed by atoms with van der Waals surface area (Å²) in [5, 5.41) is 11.9. The van der Waals surface area contributed by atoms with Crippen LogP contribution in [0.4, 0.5) is 4.39 Å². The lowest BCUT2D eigenvalue weighted by Crippen LogP contribution is -2.43. The highest BCUT2D eigenvalue weighted by molar-refractivity contribution is 5.97. The highest BCUT2D eigenvalue weighted by Crippen LogP contribution is 2.26. The number of halogens is 1. The lowest BCUT2D eigenvalue weighted by atomic mass is 10.00. The second kappa shape index (κ2) is 8.28. The molecule has 1 aliphatic rings. The first-order chi connectivity index (χ1) is 15.0. The Hall–Kier alpha value is -4.19. The van der Waals surface area contributed by atoms with Crippen LogP contribution in [-0.4, -0.2) is 28.8 Å². The van der Waals surface area contributed by atoms with Gasteiger partial charge < -0.3 is 14.5 Å². The second-order valence-electron chi connectivity index (χ2n) is 6.95. The summed E-state index contributed by atoms with van der Waals surface area (Å²) in [6.45, 7) is 0. The van der Waals surface area contributed by atoms with Gasteiger partial charge in [0.25, 0.3) is 5.91 Å². The van der Waals surface area contributed by atoms with Gasteiger partial charge in [-0.1, -0.05) is 18.2 Å². The third-order valence-electron chi connectivity index (χ3n) is 4.93. The van der Waals surface area contributed by atoms with E-state index >= 15 is 0 Å². The predicted molar refractivity (Wildman–Crippen MR) is 111 cm³/mol. The molecule has 1 aliphatic heterocycles. The molecule has 0 spiro atoms. The van der Waals surface area contributed by atoms with Crippen molar-refractivity contribution in [3.8, 4) is 17.2 Å². The van der Waals surface area contributed by atoms with Crippen LogP contribution in [0.5, 0.6) is 0 Å². The summed E-state index contributed by atoms with van der Waals surface area (Å²) in [6, 6.07) is 10.8. The molecule has 0 radical (unpaired) electrons. The quantitative estimate of drug-likeness (QED) is 0.682. The van der Waals surface area contributed by atoms with Gasteiger partial charge in [0, 0.05) is 13.5 Å². The van der Waals surface area contributed by atoms with Gasteiger partial charge >= 0.3 is 5.76 Å². The summed E-state index contributed by atoms with van der Waals surface area (Å²) in [5.74, 6) is -1.52. The number of hydrogen-bond acceptors (Lipinski definition) is 6. The Morgan fingerprint density at radius 3 is 2.81 bits per heavy atom. The Kier molecular flexibility index (Phi) is 5.37. The van der Waals surface area contributed by atoms with E-state index in [4.69, 9.17) is 9.15 Å². The number of carbonyl (C=O) groups excluding carboxylic acids is 1. The zero-order valence-corrected chi connectivity index (χ0v) is 16.4. The number of amides is 1. The zero-order valence-electron chi connectivity index (χ0n) is 16.4. The largest absolute Gasteiger partial charge is 0.481 e. The Morgan fingerprint density at radius 1 is 1.32 bits per heavy atom. The number of hydrogen-bond donors (Lipinski definition) is 1. The molecule has 2 aromatic carbocycles. The van der Waals surface area contributed by atoms with Crippen molar-refractivity contribution in [2.45, 2.75) is 18.6 Å². The van der Waals surface area contributed by atoms with Gasteiger partial charge in [0.1, 0.15) is 18.1 Å². The lowest BCUT2D eigenvalue weighted by molar-refractivity contribution is -0.126. The molecule has 156 valence electrons. The maximum absolute atomic E-state index is 14.8. The van der Waals surface area contributed by atoms with E-state index in [1.165, 1.54) is 29.3 Å². The maximum Gasteiger partial charge on any atom is 0.419 e. The molecule has 0 aliphatic carbocycles. The average molecular weight is 420 g/mol. The minimum absolute atomic E-state index is 0.0132. The third-order valence-corrected chi connectivity index (χ3v) is 4.93. The molecule has 1 N–H and O–H groups in total. The smallest absolute Gasteiger partial charge is 0.419 e. The van der Waals surface area contributed by atoms with E-state index in [0.29, 0.717) is 22.2 Å². The molecule has 31 heavy (non-hydrogen) atoms. The molecule has 3 aromatic rings. The van der Waals surface area contributed by atoms with Crippen molar-refractivity contribution >= 4 is 23.2 Å². The number of aliphatic imine (C=N–C) groups is 1. The molecular weight excluding hydrogens is 403 g/mol. The van der Waals surface area contributed by atoms with Crippen molar-refractivity contribution in [2.75, 3.05) is 0 Å². The fraction of sp³-hybridized carbons (Fsp3) is 0.182. The summed E-state index contributed by atoms with van der Waals surface area (Å²) in [4.78, 5) is 27.6. The number of aryl methyl sites for hydroxylation is 1. The van der Waals surface area contributed by atoms with Crippen LogP contribution in [0.15, 0.2) is 63.1 Å². The van der Waals surface area contributed by atoms with E-state index in [9.17, 15) is 19.2 Å². The van der Waals surface area contributed by atoms with Gasteiger partial charge in [-0.25, -0.2) is 9.18 Å². The van der Waals surface area contributed by atoms with Gasteiger partial charge in [-0.2, -0.15) is 5.26 Å². The fourth-order valence-corrected chi connectivity index (χ4v) is 3.26. The summed E-state index contributed by atoms with van der Waals surface area (Å²) in [7, 11) is 1.61. The van der Waals surface area contributed by atoms with Crippen LogP contribution in [0, 0.1) is 17.1 Å². The van der Waals surface area contributed by atoms with Gasteiger partial charge in [-0.05, 0) is 34.9 Å². The second-order valence-corrected chi connectivity index (χ2v) is 6.95. The standard InChI is InChI=1S/C22H17FN4O4/c1-27-18-5-4-14(10-19(18)31-22(27)29)13-2-3-15(17(23)9-13)8-16(11-24)26-21(28)20-12-25-6-7-30-20/h2-7,9-10,12,16,20H,8H2,1H3,(H,26,28)/t16?,20-/m0/s1. The monoisotopic (exact) mass is 420 g/mol. The van der Waals surface area contributed by atoms with Crippen LogP contribution in [0.2, 0.25) is 0 Å². The molecule has 0 fully saturated rings. The Morgan fingerprint density at radius 2 is 2.10 bits per heavy atom. The molecule has 0 saturated carbocycles. The van der Waals surface area contributed by atoms with Crippen molar-refractivity contribution in [2.24, 2.45) is 12.0 Å². The number of nitriles is 1. The molecule has 0 saturated heterocycles. The van der Waals surface area contributed by atoms with Crippen molar-refractivity contribution in [3.63, 3.8) is 0 Å². The Bertz CT molecular complexity index is 1320. The number of ether oxygens (including phenoxy) is 1. The number of nitrogens with one attached hydrogen (secondary N) is 1. The SMILES string of the molecule is Cn1c(=O)oc2cc(-c3ccc(CC(C#N)NC(=O)[C@@H]4C=NC=CO4)c(F)c3)ccc21. The lowest BCUT2D eigenvalue weighted by Gasteiger charge is -2.17. The molecular formula is C22H17FN4O4. The average Bonchev–Trinajstić information content (AvgIpc) is 3.07. The van der Waals surface area contributed by atoms with Crippen molar-refractivity contribution < 1.29 is 18.3 Å². The van der Waals surface area contributed by atoms with Crippen LogP contribution in [0.3, 0.4) is 0 Å². The summed E-state index contributed by atoms with van der Waals surface area (Å²) in [6.07, 6.45) is 3.04. The molecule has 8 nitrogen and oxygen atoms in total. The fourth-order valence-electron chi connectivity index (χ4n) is 3.26. The van der Waals surface area contributed by atoms with Gasteiger partial charge in [0.05, 0.1) is 24.0 Å². The van der Waals surface area contributed by atoms with E-state index in [1.807, 2.05) is 6.07 Å². The topological polar surface area (TPSA) is 110 Å². The van der Waals surface area contributed by atoms with Crippen LogP contribution in [-0.2, 0) is 23.0 Å². The molecule has 1 amide bonds. The third kappa shape index (κ3) is 4.09. The number of rotatable bonds is 5. The first-order valence-electron chi connectivity index (χ1n) is 9.38. The highest BCUT2D eigenvalue weighted by Gasteiger charge is 2.22. The molecule has 9 heteroatoms. The first-order valence-corrected chi connectivity index (χ1v) is 9.38. The van der Waals surface area contributed by atoms with Crippen LogP contribution in [0.25, 0.3) is 22.2 Å². The van der Waals surface area contributed by atoms with Gasteiger partial charge in [-0.3, -0.25) is 14.4 Å². The van der Waals surface area contributed by atoms with Crippen molar-refractivity contribution in [1.82, 2.24) is 9.88 Å². The molecule has 1 unspecified atom stereocenters. The van der Waals surface area contributed by atoms with Crippen molar-refractivity contribution in [3.05, 3.63) is 70.8 Å². The molecule has 1 aromatic heterocycles. The van der Waals surface area contributed by atoms with E-state index in [1.54, 1.807) is 37.4 Å². The summed E-state index contributed by atoms with van der Waals surface area (Å²) < 4.78 is 26.4. The van der Waals surface area contributed by atoms with E-state index in [0.717, 1.165) is 0 Å². The Labute approximate surface area is 175 Å². The summed E-state index contributed by atoms with van der Waals surface area (Å²) >= 11 is 0. The van der Waals surface area contributed by atoms with Crippen LogP contribution in [0.1, 0.15) is 5.56 Å². The van der Waals surface area contributed by atoms with Crippen LogP contribution < -0.4 is 11.1 Å². The number of nitrogens with zero attached hydrogens (tertiary/aromatic N) is 3. The van der Waals surface area contributed by atoms with Gasteiger partial charge in [0.15, 0.2) is 5.58 Å². The predicted octanol–water partition coefficient (Wildman–Crippen LogP) is 2.43. The van der Waals surface area contributed by atoms with E-state index in [-0.39, 0.29) is 12.0 Å². The van der Waals surface area contributed by atoms with E-state index < -0.39 is 29.6 Å². The van der Waals surface area contributed by atoms with Gasteiger partial charge in [-0.15, -0.1) is 0 Å². The minimum Gasteiger partial charge on any atom is -0.481 e. The number of fused-ring (bicyclic) bond motifs is 1. The van der Waals surface area contributed by atoms with Crippen LogP contribution >= 0.6 is 0 Å². The highest BCUT2D eigenvalue weighted by atomic mass is 19.1. The minimum atomic E-state index is -0.939. The normalized spacial score (nSPS) is 16.0. The molecule has 4 rings (SSSR count). The maximum atomic E-state index is 14.8. The number of aromatic nitrogens is 1. The number of oxazole rings is 1. The van der Waals surface area contributed by atoms with Gasteiger partial charge in [0.2, 0.25) is 6.10 Å². The summed E-state index contributed by atoms with van der Waals surface area (Å²) in [5.41, 5.74) is 2.59. The molecule has 2 heterocycles.